The van der Waals surface area contributed by atoms with Crippen molar-refractivity contribution in [2.75, 3.05) is 20.1 Å². The largest absolute Gasteiger partial charge is 0.481 e. The highest BCUT2D eigenvalue weighted by atomic mass is 16.4. The van der Waals surface area contributed by atoms with Crippen molar-refractivity contribution in [2.24, 2.45) is 13.0 Å². The van der Waals surface area contributed by atoms with Crippen LogP contribution in [0.4, 0.5) is 0 Å². The van der Waals surface area contributed by atoms with Crippen LogP contribution in [0.3, 0.4) is 0 Å². The number of hydrogen-bond donors (Lipinski definition) is 2. The van der Waals surface area contributed by atoms with Crippen molar-refractivity contribution in [3.8, 4) is 0 Å². The lowest BCUT2D eigenvalue weighted by Gasteiger charge is -2.40. The molecule has 2 heterocycles. The molecular weight excluding hydrogens is 444 g/mol. The number of aldehydes is 1. The molecule has 8 heteroatoms. The van der Waals surface area contributed by atoms with E-state index in [9.17, 15) is 14.4 Å². The van der Waals surface area contributed by atoms with Crippen LogP contribution in [0.5, 0.6) is 0 Å². The average Bonchev–Trinajstić information content (AvgIpc) is 3.19. The number of likely N-dealkylation sites (N-methyl/N-ethyl adjacent to an activating group) is 1. The lowest BCUT2D eigenvalue weighted by molar-refractivity contribution is -0.138. The van der Waals surface area contributed by atoms with E-state index < -0.39 is 11.9 Å². The number of carbonyl (C=O) groups excluding carboxylic acids is 2. The quantitative estimate of drug-likeness (QED) is 0.529. The van der Waals surface area contributed by atoms with Crippen LogP contribution in [-0.2, 0) is 21.4 Å². The van der Waals surface area contributed by atoms with E-state index in [2.05, 4.69) is 28.4 Å². The van der Waals surface area contributed by atoms with E-state index in [1.807, 2.05) is 11.7 Å². The summed E-state index contributed by atoms with van der Waals surface area (Å²) in [6.07, 6.45) is 8.46. The summed E-state index contributed by atoms with van der Waals surface area (Å²) >= 11 is 0. The molecule has 190 valence electrons. The van der Waals surface area contributed by atoms with Gasteiger partial charge in [-0.05, 0) is 81.5 Å². The highest BCUT2D eigenvalue weighted by Crippen LogP contribution is 2.36. The summed E-state index contributed by atoms with van der Waals surface area (Å²) < 4.78 is 1.86. The van der Waals surface area contributed by atoms with Crippen LogP contribution in [0.2, 0.25) is 0 Å². The highest BCUT2D eigenvalue weighted by Gasteiger charge is 2.31. The van der Waals surface area contributed by atoms with Crippen LogP contribution in [0, 0.1) is 5.92 Å². The van der Waals surface area contributed by atoms with Gasteiger partial charge in [0.15, 0.2) is 0 Å². The second kappa shape index (κ2) is 11.3. The summed E-state index contributed by atoms with van der Waals surface area (Å²) in [7, 11) is 3.53. The minimum atomic E-state index is -0.670. The van der Waals surface area contributed by atoms with Gasteiger partial charge in [0, 0.05) is 38.4 Å². The number of benzene rings is 1. The number of hydrogen-bond acceptors (Lipinski definition) is 5. The average molecular weight is 483 g/mol. The molecule has 1 saturated carbocycles. The van der Waals surface area contributed by atoms with Crippen molar-refractivity contribution in [1.29, 1.82) is 0 Å². The first-order valence-electron chi connectivity index (χ1n) is 13.0. The van der Waals surface area contributed by atoms with Crippen molar-refractivity contribution >= 4 is 29.1 Å². The summed E-state index contributed by atoms with van der Waals surface area (Å²) in [6.45, 7) is 2.16. The van der Waals surface area contributed by atoms with Gasteiger partial charge in [-0.1, -0.05) is 12.1 Å². The molecule has 1 amide bonds. The maximum absolute atomic E-state index is 12.5. The van der Waals surface area contributed by atoms with E-state index >= 15 is 0 Å². The molecule has 1 saturated heterocycles. The SMILES string of the molecule is CNC(=O)C(CCC=O)c1nn(C)c2cc(C3CCN(C4CCC(CC(=O)O)CC4)CC3)ccc12. The number of nitrogens with one attached hydrogen (secondary N) is 1. The Morgan fingerprint density at radius 2 is 1.89 bits per heavy atom. The molecule has 1 aliphatic carbocycles. The first-order valence-corrected chi connectivity index (χ1v) is 13.0. The second-order valence-corrected chi connectivity index (χ2v) is 10.3. The third-order valence-corrected chi connectivity index (χ3v) is 8.17. The van der Waals surface area contributed by atoms with Gasteiger partial charge >= 0.3 is 5.97 Å². The summed E-state index contributed by atoms with van der Waals surface area (Å²) in [5.41, 5.74) is 3.08. The maximum Gasteiger partial charge on any atom is 0.303 e. The topological polar surface area (TPSA) is 105 Å². The molecular formula is C27H38N4O4. The maximum atomic E-state index is 12.5. The smallest absolute Gasteiger partial charge is 0.303 e. The highest BCUT2D eigenvalue weighted by molar-refractivity contribution is 5.91. The number of rotatable bonds is 9. The molecule has 2 N–H and O–H groups in total. The van der Waals surface area contributed by atoms with Gasteiger partial charge in [-0.2, -0.15) is 5.10 Å². The van der Waals surface area contributed by atoms with Crippen molar-refractivity contribution in [3.05, 3.63) is 29.5 Å². The summed E-state index contributed by atoms with van der Waals surface area (Å²) in [5, 5.41) is 17.4. The molecule has 4 rings (SSSR count). The van der Waals surface area contributed by atoms with Crippen molar-refractivity contribution in [2.45, 2.75) is 75.7 Å². The molecule has 8 nitrogen and oxygen atoms in total. The Morgan fingerprint density at radius 1 is 1.17 bits per heavy atom. The molecule has 1 aromatic carbocycles. The van der Waals surface area contributed by atoms with Crippen LogP contribution in [0.1, 0.15) is 80.9 Å². The summed E-state index contributed by atoms with van der Waals surface area (Å²) in [4.78, 5) is 37.1. The third kappa shape index (κ3) is 5.74. The van der Waals surface area contributed by atoms with Crippen molar-refractivity contribution in [3.63, 3.8) is 0 Å². The van der Waals surface area contributed by atoms with Crippen LogP contribution < -0.4 is 5.32 Å². The van der Waals surface area contributed by atoms with Crippen LogP contribution >= 0.6 is 0 Å². The first-order chi connectivity index (χ1) is 16.9. The van der Waals surface area contributed by atoms with Gasteiger partial charge < -0.3 is 20.1 Å². The Bertz CT molecular complexity index is 1050. The van der Waals surface area contributed by atoms with Crippen LogP contribution in [0.25, 0.3) is 10.9 Å². The van der Waals surface area contributed by atoms with E-state index in [0.717, 1.165) is 74.5 Å². The van der Waals surface area contributed by atoms with Crippen molar-refractivity contribution in [1.82, 2.24) is 20.0 Å². The predicted molar refractivity (Wildman–Crippen MR) is 134 cm³/mol. The van der Waals surface area contributed by atoms with Crippen LogP contribution in [0.15, 0.2) is 18.2 Å². The standard InChI is InChI=1S/C27H38N4O4/c1-28-27(35)23(4-3-15-32)26-22-10-7-20(17-24(22)30(2)29-26)19-11-13-31(14-12-19)21-8-5-18(6-9-21)16-25(33)34/h7,10,15,17-19,21,23H,3-6,8-9,11-14,16H2,1-2H3,(H,28,35)(H,33,34). The molecule has 0 radical (unpaired) electrons. The lowest BCUT2D eigenvalue weighted by Crippen LogP contribution is -2.42. The molecule has 2 aromatic rings. The van der Waals surface area contributed by atoms with Gasteiger partial charge in [-0.15, -0.1) is 0 Å². The number of aliphatic carboxylic acids is 1. The predicted octanol–water partition coefficient (Wildman–Crippen LogP) is 3.59. The van der Waals surface area contributed by atoms with E-state index in [-0.39, 0.29) is 5.91 Å². The number of carboxylic acids is 1. The minimum Gasteiger partial charge on any atom is -0.481 e. The molecule has 0 spiro atoms. The fourth-order valence-corrected chi connectivity index (χ4v) is 6.17. The number of carboxylic acid groups (broad SMARTS) is 1. The first kappa shape index (κ1) is 25.4. The summed E-state index contributed by atoms with van der Waals surface area (Å²) in [6, 6.07) is 7.10. The zero-order valence-corrected chi connectivity index (χ0v) is 20.9. The molecule has 1 aromatic heterocycles. The van der Waals surface area contributed by atoms with Gasteiger partial charge in [0.1, 0.15) is 6.29 Å². The molecule has 1 atom stereocenters. The van der Waals surface area contributed by atoms with E-state index in [1.165, 1.54) is 5.56 Å². The molecule has 0 bridgehead atoms. The molecule has 35 heavy (non-hydrogen) atoms. The monoisotopic (exact) mass is 482 g/mol. The third-order valence-electron chi connectivity index (χ3n) is 8.17. The van der Waals surface area contributed by atoms with Gasteiger partial charge in [0.25, 0.3) is 0 Å². The molecule has 2 fully saturated rings. The second-order valence-electron chi connectivity index (χ2n) is 10.3. The number of amides is 1. The number of carbonyl (C=O) groups is 3. The zero-order valence-electron chi connectivity index (χ0n) is 20.9. The van der Waals surface area contributed by atoms with E-state index in [1.54, 1.807) is 7.05 Å². The minimum absolute atomic E-state index is 0.111. The number of piperidine rings is 1. The van der Waals surface area contributed by atoms with E-state index in [4.69, 9.17) is 10.2 Å². The number of aromatic nitrogens is 2. The fraction of sp³-hybridized carbons (Fsp3) is 0.630. The van der Waals surface area contributed by atoms with Gasteiger partial charge in [0.05, 0.1) is 17.1 Å². The summed E-state index contributed by atoms with van der Waals surface area (Å²) in [5.74, 6) is -0.369. The van der Waals surface area contributed by atoms with Gasteiger partial charge in [-0.3, -0.25) is 14.3 Å². The fourth-order valence-electron chi connectivity index (χ4n) is 6.17. The normalized spacial score (nSPS) is 22.7. The number of nitrogens with zero attached hydrogens (tertiary/aromatic N) is 3. The number of aryl methyl sites for hydroxylation is 1. The Morgan fingerprint density at radius 3 is 2.51 bits per heavy atom. The van der Waals surface area contributed by atoms with Gasteiger partial charge in [-0.25, -0.2) is 0 Å². The molecule has 1 unspecified atom stereocenters. The zero-order chi connectivity index (χ0) is 24.9. The molecule has 2 aliphatic rings. The Hall–Kier alpha value is -2.74. The van der Waals surface area contributed by atoms with Gasteiger partial charge in [0.2, 0.25) is 5.91 Å². The Labute approximate surface area is 207 Å². The van der Waals surface area contributed by atoms with Crippen LogP contribution in [-0.4, -0.2) is 64.1 Å². The Kier molecular flexibility index (Phi) is 8.21. The number of fused-ring (bicyclic) bond motifs is 1. The Balaban J connectivity index is 1.41. The molecule has 1 aliphatic heterocycles. The van der Waals surface area contributed by atoms with E-state index in [0.29, 0.717) is 37.1 Å². The lowest BCUT2D eigenvalue weighted by atomic mass is 9.82. The number of likely N-dealkylation sites (tertiary alicyclic amines) is 1. The van der Waals surface area contributed by atoms with Crippen molar-refractivity contribution < 1.29 is 19.5 Å².